The third kappa shape index (κ3) is 3.24. The zero-order valence-corrected chi connectivity index (χ0v) is 15.3. The minimum absolute atomic E-state index is 0.0207. The van der Waals surface area contributed by atoms with Crippen molar-refractivity contribution in [1.29, 1.82) is 0 Å². The first kappa shape index (κ1) is 17.1. The highest BCUT2D eigenvalue weighted by Gasteiger charge is 2.49. The summed E-state index contributed by atoms with van der Waals surface area (Å²) < 4.78 is 23.9. The van der Waals surface area contributed by atoms with E-state index in [4.69, 9.17) is 23.2 Å². The third-order valence-corrected chi connectivity index (χ3v) is 7.80. The molecule has 5 nitrogen and oxygen atoms in total. The molecule has 1 aromatic rings. The van der Waals surface area contributed by atoms with Crippen molar-refractivity contribution in [2.45, 2.75) is 24.6 Å². The van der Waals surface area contributed by atoms with Crippen molar-refractivity contribution in [3.63, 3.8) is 0 Å². The van der Waals surface area contributed by atoms with E-state index >= 15 is 0 Å². The number of carbonyl (C=O) groups is 1. The maximum atomic E-state index is 12.0. The fraction of sp³-hybridized carbons (Fsp3) is 0.429. The fourth-order valence-electron chi connectivity index (χ4n) is 2.71. The van der Waals surface area contributed by atoms with E-state index < -0.39 is 9.84 Å². The summed E-state index contributed by atoms with van der Waals surface area (Å²) in [5, 5.41) is 1.04. The molecule has 0 saturated carbocycles. The smallest absolute Gasteiger partial charge is 0.247 e. The molecular formula is C14H14Cl2N2O3S2. The molecule has 0 spiro atoms. The molecule has 0 bridgehead atoms. The summed E-state index contributed by atoms with van der Waals surface area (Å²) in [5.74, 6) is -0.151. The second-order valence-corrected chi connectivity index (χ2v) is 9.53. The van der Waals surface area contributed by atoms with Crippen LogP contribution in [-0.4, -0.2) is 42.3 Å². The van der Waals surface area contributed by atoms with Gasteiger partial charge in [-0.25, -0.2) is 8.42 Å². The van der Waals surface area contributed by atoms with Crippen LogP contribution in [0, 0.1) is 0 Å². The maximum Gasteiger partial charge on any atom is 0.247 e. The molecular weight excluding hydrogens is 379 g/mol. The van der Waals surface area contributed by atoms with Gasteiger partial charge in [-0.3, -0.25) is 4.79 Å². The fourth-order valence-corrected chi connectivity index (χ4v) is 7.02. The number of amides is 1. The van der Waals surface area contributed by atoms with Gasteiger partial charge in [-0.1, -0.05) is 48.0 Å². The third-order valence-electron chi connectivity index (χ3n) is 3.78. The normalized spacial score (nSPS) is 27.4. The molecule has 2 aliphatic heterocycles. The second-order valence-electron chi connectivity index (χ2n) is 5.39. The number of benzene rings is 1. The number of rotatable bonds is 2. The Kier molecular flexibility index (Phi) is 4.66. The lowest BCUT2D eigenvalue weighted by Crippen LogP contribution is -2.37. The molecule has 0 aromatic heterocycles. The lowest BCUT2D eigenvalue weighted by Gasteiger charge is -2.25. The van der Waals surface area contributed by atoms with Crippen LogP contribution in [0.2, 0.25) is 10.0 Å². The lowest BCUT2D eigenvalue weighted by atomic mass is 10.2. The maximum absolute atomic E-state index is 12.0. The van der Waals surface area contributed by atoms with Gasteiger partial charge in [0.1, 0.15) is 0 Å². The van der Waals surface area contributed by atoms with Crippen molar-refractivity contribution >= 4 is 61.6 Å². The van der Waals surface area contributed by atoms with E-state index in [1.165, 1.54) is 11.8 Å². The average Bonchev–Trinajstić information content (AvgIpc) is 2.93. The Bertz CT molecular complexity index is 795. The molecule has 0 N–H and O–H groups in total. The van der Waals surface area contributed by atoms with Crippen molar-refractivity contribution in [2.75, 3.05) is 16.4 Å². The van der Waals surface area contributed by atoms with Crippen LogP contribution in [0.1, 0.15) is 13.3 Å². The first-order valence-electron chi connectivity index (χ1n) is 7.04. The standard InChI is InChI=1S/C14H14Cl2N2O3S2/c1-2-12(19)17-14-18(9-5-3-4-8(15)13(9)16)10-6-23(20,21)7-11(10)22-14/h3-5,10-11H,2,6-7H2,1H3/t10-,11+/m0/s1. The summed E-state index contributed by atoms with van der Waals surface area (Å²) in [6.45, 7) is 1.73. The molecule has 2 saturated heterocycles. The number of hydrogen-bond donors (Lipinski definition) is 0. The number of carbonyl (C=O) groups excluding carboxylic acids is 1. The molecule has 2 atom stereocenters. The Hall–Kier alpha value is -0.760. The van der Waals surface area contributed by atoms with Crippen LogP contribution in [0.5, 0.6) is 0 Å². The number of nitrogens with zero attached hydrogens (tertiary/aromatic N) is 2. The molecule has 0 unspecified atom stereocenters. The monoisotopic (exact) mass is 392 g/mol. The van der Waals surface area contributed by atoms with E-state index in [2.05, 4.69) is 4.99 Å². The number of fused-ring (bicyclic) bond motifs is 1. The predicted molar refractivity (Wildman–Crippen MR) is 95.5 cm³/mol. The molecule has 124 valence electrons. The zero-order valence-electron chi connectivity index (χ0n) is 12.2. The molecule has 1 aromatic carbocycles. The average molecular weight is 393 g/mol. The Morgan fingerprint density at radius 3 is 2.83 bits per heavy atom. The second kappa shape index (κ2) is 6.27. The number of anilines is 1. The molecule has 1 amide bonds. The van der Waals surface area contributed by atoms with Gasteiger partial charge < -0.3 is 4.90 Å². The Labute approximate surface area is 149 Å². The highest BCUT2D eigenvalue weighted by Crippen LogP contribution is 2.44. The Balaban J connectivity index is 2.09. The zero-order chi connectivity index (χ0) is 16.8. The SMILES string of the molecule is CCC(=O)N=C1S[C@@H]2CS(=O)(=O)C[C@@H]2N1c1cccc(Cl)c1Cl. The highest BCUT2D eigenvalue weighted by atomic mass is 35.5. The highest BCUT2D eigenvalue weighted by molar-refractivity contribution is 8.16. The van der Waals surface area contributed by atoms with E-state index in [1.807, 2.05) is 0 Å². The van der Waals surface area contributed by atoms with Crippen LogP contribution >= 0.6 is 35.0 Å². The topological polar surface area (TPSA) is 66.8 Å². The summed E-state index contributed by atoms with van der Waals surface area (Å²) >= 11 is 13.7. The van der Waals surface area contributed by atoms with Crippen LogP contribution in [-0.2, 0) is 14.6 Å². The number of sulfone groups is 1. The minimum Gasteiger partial charge on any atom is -0.314 e. The van der Waals surface area contributed by atoms with Gasteiger partial charge in [0.25, 0.3) is 0 Å². The molecule has 0 aliphatic carbocycles. The largest absolute Gasteiger partial charge is 0.314 e. The molecule has 23 heavy (non-hydrogen) atoms. The molecule has 0 radical (unpaired) electrons. The minimum atomic E-state index is -3.11. The first-order chi connectivity index (χ1) is 10.8. The summed E-state index contributed by atoms with van der Waals surface area (Å²) in [6.07, 6.45) is 0.287. The van der Waals surface area contributed by atoms with Crippen LogP contribution in [0.3, 0.4) is 0 Å². The summed E-state index contributed by atoms with van der Waals surface area (Å²) in [4.78, 5) is 17.6. The van der Waals surface area contributed by atoms with E-state index in [0.29, 0.717) is 20.9 Å². The van der Waals surface area contributed by atoms with Crippen LogP contribution < -0.4 is 4.90 Å². The van der Waals surface area contributed by atoms with Gasteiger partial charge >= 0.3 is 0 Å². The van der Waals surface area contributed by atoms with E-state index in [0.717, 1.165) is 0 Å². The number of hydrogen-bond acceptors (Lipinski definition) is 4. The summed E-state index contributed by atoms with van der Waals surface area (Å²) in [7, 11) is -3.11. The van der Waals surface area contributed by atoms with Crippen molar-refractivity contribution in [2.24, 2.45) is 4.99 Å². The molecule has 2 fully saturated rings. The molecule has 2 aliphatic rings. The summed E-state index contributed by atoms with van der Waals surface area (Å²) in [5.41, 5.74) is 0.582. The van der Waals surface area contributed by atoms with Gasteiger partial charge in [-0.2, -0.15) is 4.99 Å². The van der Waals surface area contributed by atoms with Crippen molar-refractivity contribution in [1.82, 2.24) is 0 Å². The molecule has 9 heteroatoms. The summed E-state index contributed by atoms with van der Waals surface area (Å²) in [6, 6.07) is 4.87. The number of thioether (sulfide) groups is 1. The van der Waals surface area contributed by atoms with Crippen molar-refractivity contribution in [3.05, 3.63) is 28.2 Å². The first-order valence-corrected chi connectivity index (χ1v) is 10.5. The number of halogens is 2. The van der Waals surface area contributed by atoms with Crippen molar-refractivity contribution in [3.8, 4) is 0 Å². The van der Waals surface area contributed by atoms with Crippen molar-refractivity contribution < 1.29 is 13.2 Å². The number of amidine groups is 1. The van der Waals surface area contributed by atoms with Crippen LogP contribution in [0.15, 0.2) is 23.2 Å². The van der Waals surface area contributed by atoms with Gasteiger partial charge in [0, 0.05) is 11.7 Å². The van der Waals surface area contributed by atoms with Gasteiger partial charge in [0.05, 0.1) is 33.3 Å². The molecule has 2 heterocycles. The van der Waals surface area contributed by atoms with Gasteiger partial charge in [-0.05, 0) is 12.1 Å². The predicted octanol–water partition coefficient (Wildman–Crippen LogP) is 3.00. The van der Waals surface area contributed by atoms with E-state index in [9.17, 15) is 13.2 Å². The van der Waals surface area contributed by atoms with Gasteiger partial charge in [0.2, 0.25) is 5.91 Å². The van der Waals surface area contributed by atoms with E-state index in [1.54, 1.807) is 30.0 Å². The van der Waals surface area contributed by atoms with Crippen LogP contribution in [0.4, 0.5) is 5.69 Å². The molecule has 3 rings (SSSR count). The van der Waals surface area contributed by atoms with Gasteiger partial charge in [0.15, 0.2) is 15.0 Å². The van der Waals surface area contributed by atoms with Gasteiger partial charge in [-0.15, -0.1) is 0 Å². The Morgan fingerprint density at radius 1 is 1.39 bits per heavy atom. The van der Waals surface area contributed by atoms with E-state index in [-0.39, 0.29) is 35.1 Å². The quantitative estimate of drug-likeness (QED) is 0.773. The lowest BCUT2D eigenvalue weighted by molar-refractivity contribution is -0.117. The van der Waals surface area contributed by atoms with Crippen LogP contribution in [0.25, 0.3) is 0 Å². The Morgan fingerprint density at radius 2 is 2.13 bits per heavy atom. The number of aliphatic imine (C=N–C) groups is 1.